The molecule has 0 saturated carbocycles. The monoisotopic (exact) mass is 338 g/mol. The molecule has 1 atom stereocenters. The number of aromatic nitrogens is 3. The summed E-state index contributed by atoms with van der Waals surface area (Å²) in [7, 11) is -1.30. The summed E-state index contributed by atoms with van der Waals surface area (Å²) in [6, 6.07) is 3.35. The van der Waals surface area contributed by atoms with Gasteiger partial charge in [-0.05, 0) is 19.1 Å². The van der Waals surface area contributed by atoms with Crippen molar-refractivity contribution in [3.05, 3.63) is 51.1 Å². The van der Waals surface area contributed by atoms with Crippen molar-refractivity contribution in [3.8, 4) is 0 Å². The van der Waals surface area contributed by atoms with E-state index in [1.54, 1.807) is 6.92 Å². The van der Waals surface area contributed by atoms with Gasteiger partial charge in [-0.1, -0.05) is 0 Å². The van der Waals surface area contributed by atoms with Gasteiger partial charge in [-0.25, -0.2) is 13.2 Å². The third kappa shape index (κ3) is 2.27. The average Bonchev–Trinajstić information content (AvgIpc) is 2.98. The first-order valence-electron chi connectivity index (χ1n) is 7.18. The van der Waals surface area contributed by atoms with Crippen molar-refractivity contribution in [3.63, 3.8) is 0 Å². The summed E-state index contributed by atoms with van der Waals surface area (Å²) < 4.78 is 31.1. The van der Waals surface area contributed by atoms with E-state index in [-0.39, 0.29) is 17.5 Å². The van der Waals surface area contributed by atoms with E-state index < -0.39 is 21.3 Å². The number of fused-ring (bicyclic) bond motifs is 1. The molecule has 0 amide bonds. The minimum absolute atomic E-state index is 0.275. The van der Waals surface area contributed by atoms with Crippen LogP contribution < -0.4 is 11.2 Å². The maximum Gasteiger partial charge on any atom is 0.330 e. The first kappa shape index (κ1) is 15.8. The quantitative estimate of drug-likeness (QED) is 0.749. The Morgan fingerprint density at radius 3 is 2.57 bits per heavy atom. The standard InChI is InChI=1S/C14H18N4O4S/c1-10-11-5-4-6-17(11)7-8-18(10)23(21,22)12-9-15(2)14(20)16(3)13(12)19/h4-6,9-10H,7-8H2,1-3H3/t10-/m0/s1. The van der Waals surface area contributed by atoms with Gasteiger partial charge in [0.25, 0.3) is 15.6 Å². The molecule has 1 aliphatic rings. The van der Waals surface area contributed by atoms with Crippen molar-refractivity contribution in [2.75, 3.05) is 6.54 Å². The fourth-order valence-electron chi connectivity index (χ4n) is 2.96. The Bertz CT molecular complexity index is 983. The lowest BCUT2D eigenvalue weighted by Crippen LogP contribution is -2.45. The molecule has 0 fully saturated rings. The summed E-state index contributed by atoms with van der Waals surface area (Å²) in [5.74, 6) is 0. The lowest BCUT2D eigenvalue weighted by molar-refractivity contribution is 0.281. The molecule has 0 aliphatic carbocycles. The van der Waals surface area contributed by atoms with Crippen molar-refractivity contribution in [1.82, 2.24) is 18.0 Å². The van der Waals surface area contributed by atoms with Gasteiger partial charge >= 0.3 is 5.69 Å². The summed E-state index contributed by atoms with van der Waals surface area (Å²) in [5, 5.41) is 0. The zero-order valence-electron chi connectivity index (χ0n) is 13.1. The van der Waals surface area contributed by atoms with Crippen molar-refractivity contribution < 1.29 is 8.42 Å². The van der Waals surface area contributed by atoms with Crippen molar-refractivity contribution in [1.29, 1.82) is 0 Å². The second-order valence-electron chi connectivity index (χ2n) is 5.67. The minimum atomic E-state index is -4.00. The second kappa shape index (κ2) is 5.20. The van der Waals surface area contributed by atoms with Crippen LogP contribution in [0.5, 0.6) is 0 Å². The van der Waals surface area contributed by atoms with E-state index in [9.17, 15) is 18.0 Å². The fourth-order valence-corrected chi connectivity index (χ4v) is 4.71. The summed E-state index contributed by atoms with van der Waals surface area (Å²) in [5.41, 5.74) is -0.489. The topological polar surface area (TPSA) is 86.3 Å². The molecular formula is C14H18N4O4S. The molecule has 0 radical (unpaired) electrons. The van der Waals surface area contributed by atoms with Crippen LogP contribution in [0.15, 0.2) is 39.0 Å². The van der Waals surface area contributed by atoms with Crippen molar-refractivity contribution in [2.24, 2.45) is 14.1 Å². The fraction of sp³-hybridized carbons (Fsp3) is 0.429. The Hall–Kier alpha value is -2.13. The maximum atomic E-state index is 13.0. The van der Waals surface area contributed by atoms with Crippen LogP contribution in [-0.4, -0.2) is 33.0 Å². The Morgan fingerprint density at radius 1 is 1.17 bits per heavy atom. The van der Waals surface area contributed by atoms with Crippen LogP contribution in [0.2, 0.25) is 0 Å². The summed E-state index contributed by atoms with van der Waals surface area (Å²) in [6.45, 7) is 2.59. The first-order chi connectivity index (χ1) is 10.7. The third-order valence-electron chi connectivity index (χ3n) is 4.29. The molecule has 8 nitrogen and oxygen atoms in total. The lowest BCUT2D eigenvalue weighted by Gasteiger charge is -2.33. The number of hydrogen-bond acceptors (Lipinski definition) is 4. The molecule has 0 aromatic carbocycles. The molecule has 2 aromatic rings. The largest absolute Gasteiger partial charge is 0.349 e. The van der Waals surface area contributed by atoms with Gasteiger partial charge in [-0.2, -0.15) is 4.31 Å². The van der Waals surface area contributed by atoms with E-state index in [0.717, 1.165) is 21.0 Å². The van der Waals surface area contributed by atoms with Gasteiger partial charge in [0, 0.05) is 45.3 Å². The summed E-state index contributed by atoms with van der Waals surface area (Å²) >= 11 is 0. The molecular weight excluding hydrogens is 320 g/mol. The molecule has 0 N–H and O–H groups in total. The number of hydrogen-bond donors (Lipinski definition) is 0. The lowest BCUT2D eigenvalue weighted by atomic mass is 10.2. The van der Waals surface area contributed by atoms with E-state index in [4.69, 9.17) is 0 Å². The Labute approximate surface area is 133 Å². The van der Waals surface area contributed by atoms with Crippen molar-refractivity contribution >= 4 is 10.0 Å². The van der Waals surface area contributed by atoms with Crippen LogP contribution in [0.1, 0.15) is 18.7 Å². The Balaban J connectivity index is 2.14. The molecule has 3 rings (SSSR count). The molecule has 0 spiro atoms. The van der Waals surface area contributed by atoms with Gasteiger partial charge in [0.15, 0.2) is 4.90 Å². The van der Waals surface area contributed by atoms with Gasteiger partial charge in [-0.15, -0.1) is 0 Å². The van der Waals surface area contributed by atoms with E-state index in [1.807, 2.05) is 22.9 Å². The highest BCUT2D eigenvalue weighted by Gasteiger charge is 2.36. The summed E-state index contributed by atoms with van der Waals surface area (Å²) in [4.78, 5) is 23.6. The maximum absolute atomic E-state index is 13.0. The van der Waals surface area contributed by atoms with Crippen LogP contribution in [-0.2, 0) is 30.7 Å². The molecule has 0 saturated heterocycles. The van der Waals surface area contributed by atoms with Gasteiger partial charge in [-0.3, -0.25) is 9.36 Å². The molecule has 2 aromatic heterocycles. The predicted molar refractivity (Wildman–Crippen MR) is 83.7 cm³/mol. The molecule has 3 heterocycles. The van der Waals surface area contributed by atoms with E-state index in [1.165, 1.54) is 18.4 Å². The molecule has 23 heavy (non-hydrogen) atoms. The summed E-state index contributed by atoms with van der Waals surface area (Å²) in [6.07, 6.45) is 3.00. The molecule has 124 valence electrons. The van der Waals surface area contributed by atoms with Crippen LogP contribution in [0.4, 0.5) is 0 Å². The highest BCUT2D eigenvalue weighted by Crippen LogP contribution is 2.29. The van der Waals surface area contributed by atoms with E-state index >= 15 is 0 Å². The number of nitrogens with zero attached hydrogens (tertiary/aromatic N) is 4. The highest BCUT2D eigenvalue weighted by atomic mass is 32.2. The third-order valence-corrected chi connectivity index (χ3v) is 6.24. The molecule has 0 unspecified atom stereocenters. The van der Waals surface area contributed by atoms with E-state index in [0.29, 0.717) is 6.54 Å². The Kier molecular flexibility index (Phi) is 3.56. The zero-order chi connectivity index (χ0) is 16.9. The van der Waals surface area contributed by atoms with Crippen LogP contribution in [0.25, 0.3) is 0 Å². The average molecular weight is 338 g/mol. The van der Waals surface area contributed by atoms with Gasteiger partial charge in [0.1, 0.15) is 0 Å². The second-order valence-corrected chi connectivity index (χ2v) is 7.53. The number of rotatable bonds is 2. The van der Waals surface area contributed by atoms with Gasteiger partial charge in [0.05, 0.1) is 6.04 Å². The van der Waals surface area contributed by atoms with Crippen molar-refractivity contribution in [2.45, 2.75) is 24.4 Å². The zero-order valence-corrected chi connectivity index (χ0v) is 13.9. The van der Waals surface area contributed by atoms with Gasteiger partial charge in [0.2, 0.25) is 0 Å². The van der Waals surface area contributed by atoms with E-state index in [2.05, 4.69) is 0 Å². The first-order valence-corrected chi connectivity index (χ1v) is 8.62. The highest BCUT2D eigenvalue weighted by molar-refractivity contribution is 7.89. The number of aryl methyl sites for hydroxylation is 1. The number of sulfonamides is 1. The Morgan fingerprint density at radius 2 is 1.87 bits per heavy atom. The SMILES string of the molecule is C[C@H]1c2cccn2CCN1S(=O)(=O)c1cn(C)c(=O)n(C)c1=O. The van der Waals surface area contributed by atoms with Crippen LogP contribution in [0.3, 0.4) is 0 Å². The molecule has 0 bridgehead atoms. The van der Waals surface area contributed by atoms with Gasteiger partial charge < -0.3 is 9.13 Å². The minimum Gasteiger partial charge on any atom is -0.349 e. The predicted octanol–water partition coefficient (Wildman–Crippen LogP) is -0.349. The van der Waals surface area contributed by atoms with Crippen LogP contribution in [0, 0.1) is 0 Å². The smallest absolute Gasteiger partial charge is 0.330 e. The molecule has 9 heteroatoms. The molecule has 1 aliphatic heterocycles. The van der Waals surface area contributed by atoms with Crippen LogP contribution >= 0.6 is 0 Å². The normalized spacial score (nSPS) is 18.8.